The van der Waals surface area contributed by atoms with Gasteiger partial charge in [0.05, 0.1) is 10.9 Å². The number of rotatable bonds is 4. The van der Waals surface area contributed by atoms with E-state index in [0.29, 0.717) is 17.4 Å². The van der Waals surface area contributed by atoms with Crippen LogP contribution in [0.2, 0.25) is 0 Å². The maximum atomic E-state index is 13.5. The number of piperidine rings is 1. The van der Waals surface area contributed by atoms with Gasteiger partial charge in [-0.1, -0.05) is 73.8 Å². The van der Waals surface area contributed by atoms with E-state index in [4.69, 9.17) is 0 Å². The van der Waals surface area contributed by atoms with Crippen molar-refractivity contribution < 1.29 is 8.42 Å². The summed E-state index contributed by atoms with van der Waals surface area (Å²) in [6.07, 6.45) is 1.56. The standard InChI is InChI=1S/C24H23Br2NO2S/c1-17-2-12-23(13-3-17)30(28,29)27-15-14-20(18-4-8-21(25)9-5-18)16-24(27)19-6-10-22(26)11-7-19/h2-13,20,24H,14-16H2,1H3. The lowest BCUT2D eigenvalue weighted by Crippen LogP contribution is -2.40. The largest absolute Gasteiger partial charge is 0.243 e. The lowest BCUT2D eigenvalue weighted by Gasteiger charge is -2.39. The molecule has 3 nitrogen and oxygen atoms in total. The molecule has 1 aliphatic heterocycles. The van der Waals surface area contributed by atoms with Crippen LogP contribution in [-0.2, 0) is 10.0 Å². The van der Waals surface area contributed by atoms with Crippen molar-refractivity contribution in [2.45, 2.75) is 36.6 Å². The van der Waals surface area contributed by atoms with Gasteiger partial charge in [0.15, 0.2) is 0 Å². The lowest BCUT2D eigenvalue weighted by atomic mass is 9.84. The van der Waals surface area contributed by atoms with Gasteiger partial charge in [-0.05, 0) is 73.2 Å². The van der Waals surface area contributed by atoms with Crippen LogP contribution < -0.4 is 0 Å². The predicted molar refractivity (Wildman–Crippen MR) is 128 cm³/mol. The first-order chi connectivity index (χ1) is 14.3. The van der Waals surface area contributed by atoms with Gasteiger partial charge in [0.1, 0.15) is 0 Å². The lowest BCUT2D eigenvalue weighted by molar-refractivity contribution is 0.234. The summed E-state index contributed by atoms with van der Waals surface area (Å²) in [5, 5.41) is 0. The van der Waals surface area contributed by atoms with Crippen LogP contribution in [0.15, 0.2) is 86.6 Å². The summed E-state index contributed by atoms with van der Waals surface area (Å²) in [6.45, 7) is 2.46. The van der Waals surface area contributed by atoms with Crippen molar-refractivity contribution in [3.8, 4) is 0 Å². The minimum atomic E-state index is -3.58. The summed E-state index contributed by atoms with van der Waals surface area (Å²) in [5.41, 5.74) is 3.33. The minimum Gasteiger partial charge on any atom is -0.207 e. The van der Waals surface area contributed by atoms with Crippen LogP contribution in [-0.4, -0.2) is 19.3 Å². The average Bonchev–Trinajstić information content (AvgIpc) is 2.75. The summed E-state index contributed by atoms with van der Waals surface area (Å²) < 4.78 is 30.8. The van der Waals surface area contributed by atoms with E-state index in [2.05, 4.69) is 56.1 Å². The average molecular weight is 549 g/mol. The molecule has 0 aliphatic carbocycles. The normalized spacial score (nSPS) is 20.2. The second kappa shape index (κ2) is 8.95. The van der Waals surface area contributed by atoms with E-state index >= 15 is 0 Å². The molecule has 1 heterocycles. The molecule has 0 saturated carbocycles. The van der Waals surface area contributed by atoms with Gasteiger partial charge < -0.3 is 0 Å². The Kier molecular flexibility index (Phi) is 6.49. The third kappa shape index (κ3) is 4.57. The molecule has 30 heavy (non-hydrogen) atoms. The van der Waals surface area contributed by atoms with E-state index < -0.39 is 10.0 Å². The van der Waals surface area contributed by atoms with E-state index in [9.17, 15) is 8.42 Å². The van der Waals surface area contributed by atoms with Crippen molar-refractivity contribution in [2.24, 2.45) is 0 Å². The number of aryl methyl sites for hydroxylation is 1. The highest BCUT2D eigenvalue weighted by atomic mass is 79.9. The van der Waals surface area contributed by atoms with Gasteiger partial charge in [0, 0.05) is 15.5 Å². The molecule has 0 N–H and O–H groups in total. The maximum Gasteiger partial charge on any atom is 0.243 e. The Morgan fingerprint density at radius 1 is 0.800 bits per heavy atom. The van der Waals surface area contributed by atoms with Gasteiger partial charge >= 0.3 is 0 Å². The Bertz CT molecular complexity index is 1110. The van der Waals surface area contributed by atoms with E-state index in [1.807, 2.05) is 43.3 Å². The molecule has 1 fully saturated rings. The first-order valence-electron chi connectivity index (χ1n) is 9.94. The molecule has 0 radical (unpaired) electrons. The molecule has 0 aromatic heterocycles. The van der Waals surface area contributed by atoms with Crippen LogP contribution in [0.25, 0.3) is 0 Å². The Labute approximate surface area is 195 Å². The second-order valence-electron chi connectivity index (χ2n) is 7.77. The third-order valence-electron chi connectivity index (χ3n) is 5.78. The highest BCUT2D eigenvalue weighted by Crippen LogP contribution is 2.42. The zero-order valence-corrected chi connectivity index (χ0v) is 20.6. The molecule has 156 valence electrons. The van der Waals surface area contributed by atoms with Crippen molar-refractivity contribution in [2.75, 3.05) is 6.54 Å². The monoisotopic (exact) mass is 547 g/mol. The minimum absolute atomic E-state index is 0.202. The van der Waals surface area contributed by atoms with Gasteiger partial charge in [0.2, 0.25) is 10.0 Å². The first-order valence-corrected chi connectivity index (χ1v) is 13.0. The van der Waals surface area contributed by atoms with E-state index in [1.54, 1.807) is 16.4 Å². The van der Waals surface area contributed by atoms with Crippen molar-refractivity contribution in [3.63, 3.8) is 0 Å². The molecule has 3 aromatic rings. The first kappa shape index (κ1) is 21.8. The van der Waals surface area contributed by atoms with Gasteiger partial charge in [-0.25, -0.2) is 8.42 Å². The zero-order chi connectivity index (χ0) is 21.3. The van der Waals surface area contributed by atoms with Crippen LogP contribution in [0.3, 0.4) is 0 Å². The fourth-order valence-electron chi connectivity index (χ4n) is 4.10. The van der Waals surface area contributed by atoms with Crippen molar-refractivity contribution in [1.82, 2.24) is 4.31 Å². The Morgan fingerprint density at radius 3 is 1.90 bits per heavy atom. The third-order valence-corrected chi connectivity index (χ3v) is 8.76. The Balaban J connectivity index is 1.71. The molecule has 1 saturated heterocycles. The van der Waals surface area contributed by atoms with Gasteiger partial charge in [-0.2, -0.15) is 4.31 Å². The van der Waals surface area contributed by atoms with Crippen LogP contribution in [0, 0.1) is 6.92 Å². The summed E-state index contributed by atoms with van der Waals surface area (Å²) >= 11 is 6.99. The molecule has 0 bridgehead atoms. The number of hydrogen-bond acceptors (Lipinski definition) is 2. The van der Waals surface area contributed by atoms with Gasteiger partial charge in [-0.3, -0.25) is 0 Å². The summed E-state index contributed by atoms with van der Waals surface area (Å²) in [5.74, 6) is 0.316. The molecular weight excluding hydrogens is 526 g/mol. The van der Waals surface area contributed by atoms with Crippen LogP contribution in [0.4, 0.5) is 0 Å². The molecule has 4 rings (SSSR count). The highest BCUT2D eigenvalue weighted by molar-refractivity contribution is 9.10. The number of halogens is 2. The topological polar surface area (TPSA) is 37.4 Å². The maximum absolute atomic E-state index is 13.5. The van der Waals surface area contributed by atoms with Crippen molar-refractivity contribution in [3.05, 3.63) is 98.4 Å². The van der Waals surface area contributed by atoms with Crippen molar-refractivity contribution >= 4 is 41.9 Å². The SMILES string of the molecule is Cc1ccc(S(=O)(=O)N2CCC(c3ccc(Br)cc3)CC2c2ccc(Br)cc2)cc1. The molecule has 1 aliphatic rings. The molecule has 0 amide bonds. The summed E-state index contributed by atoms with van der Waals surface area (Å²) in [7, 11) is -3.58. The molecule has 2 unspecified atom stereocenters. The second-order valence-corrected chi connectivity index (χ2v) is 11.5. The molecule has 0 spiro atoms. The molecule has 6 heteroatoms. The van der Waals surface area contributed by atoms with Crippen molar-refractivity contribution in [1.29, 1.82) is 0 Å². The number of sulfonamides is 1. The number of nitrogens with zero attached hydrogens (tertiary/aromatic N) is 1. The Hall–Kier alpha value is -1.47. The smallest absolute Gasteiger partial charge is 0.207 e. The number of hydrogen-bond donors (Lipinski definition) is 0. The van der Waals surface area contributed by atoms with Crippen LogP contribution >= 0.6 is 31.9 Å². The predicted octanol–water partition coefficient (Wildman–Crippen LogP) is 6.83. The van der Waals surface area contributed by atoms with E-state index in [1.165, 1.54) is 5.56 Å². The molecule has 2 atom stereocenters. The van der Waals surface area contributed by atoms with Gasteiger partial charge in [-0.15, -0.1) is 0 Å². The fraction of sp³-hybridized carbons (Fsp3) is 0.250. The zero-order valence-electron chi connectivity index (χ0n) is 16.6. The fourth-order valence-corrected chi connectivity index (χ4v) is 6.27. The molecule has 3 aromatic carbocycles. The summed E-state index contributed by atoms with van der Waals surface area (Å²) in [6, 6.07) is 23.3. The number of benzene rings is 3. The quantitative estimate of drug-likeness (QED) is 0.358. The Morgan fingerprint density at radius 2 is 1.33 bits per heavy atom. The highest BCUT2D eigenvalue weighted by Gasteiger charge is 2.38. The summed E-state index contributed by atoms with van der Waals surface area (Å²) in [4.78, 5) is 0.359. The van der Waals surface area contributed by atoms with E-state index in [-0.39, 0.29) is 6.04 Å². The van der Waals surface area contributed by atoms with Crippen LogP contribution in [0.5, 0.6) is 0 Å². The van der Waals surface area contributed by atoms with Crippen LogP contribution in [0.1, 0.15) is 41.5 Å². The van der Waals surface area contributed by atoms with Gasteiger partial charge in [0.25, 0.3) is 0 Å². The molecular formula is C24H23Br2NO2S. The van der Waals surface area contributed by atoms with E-state index in [0.717, 1.165) is 32.9 Å².